The van der Waals surface area contributed by atoms with Crippen LogP contribution in [0.3, 0.4) is 0 Å². The van der Waals surface area contributed by atoms with Crippen LogP contribution in [0.1, 0.15) is 31.9 Å². The minimum absolute atomic E-state index is 0.368. The summed E-state index contributed by atoms with van der Waals surface area (Å²) in [6, 6.07) is 2.05. The van der Waals surface area contributed by atoms with Crippen molar-refractivity contribution in [2.24, 2.45) is 5.92 Å². The molecule has 1 aromatic rings. The third-order valence-corrected chi connectivity index (χ3v) is 3.44. The SMILES string of the molecule is CC(CNc1nccnc1C#N)CN1CCCCC1. The maximum atomic E-state index is 8.94. The summed E-state index contributed by atoms with van der Waals surface area (Å²) in [4.78, 5) is 10.7. The summed E-state index contributed by atoms with van der Waals surface area (Å²) in [5, 5.41) is 12.2. The molecule has 5 nitrogen and oxygen atoms in total. The van der Waals surface area contributed by atoms with Crippen LogP contribution in [-0.4, -0.2) is 41.0 Å². The molecule has 1 aliphatic heterocycles. The Hall–Kier alpha value is -1.67. The van der Waals surface area contributed by atoms with Gasteiger partial charge in [-0.05, 0) is 31.8 Å². The van der Waals surface area contributed by atoms with Crippen LogP contribution in [0, 0.1) is 17.2 Å². The van der Waals surface area contributed by atoms with Crippen molar-refractivity contribution in [1.82, 2.24) is 14.9 Å². The minimum atomic E-state index is 0.368. The molecule has 19 heavy (non-hydrogen) atoms. The number of aromatic nitrogens is 2. The van der Waals surface area contributed by atoms with Gasteiger partial charge >= 0.3 is 0 Å². The summed E-state index contributed by atoms with van der Waals surface area (Å²) in [7, 11) is 0. The molecule has 1 unspecified atom stereocenters. The fraction of sp³-hybridized carbons (Fsp3) is 0.643. The van der Waals surface area contributed by atoms with Crippen molar-refractivity contribution in [3.8, 4) is 6.07 Å². The molecule has 1 N–H and O–H groups in total. The van der Waals surface area contributed by atoms with Crippen LogP contribution in [-0.2, 0) is 0 Å². The summed E-state index contributed by atoms with van der Waals surface area (Å²) in [6.45, 7) is 6.60. The number of rotatable bonds is 5. The lowest BCUT2D eigenvalue weighted by Crippen LogP contribution is -2.35. The van der Waals surface area contributed by atoms with E-state index in [0.29, 0.717) is 17.4 Å². The third-order valence-electron chi connectivity index (χ3n) is 3.44. The molecule has 0 amide bonds. The van der Waals surface area contributed by atoms with Gasteiger partial charge in [-0.15, -0.1) is 0 Å². The van der Waals surface area contributed by atoms with Crippen molar-refractivity contribution in [2.45, 2.75) is 26.2 Å². The van der Waals surface area contributed by atoms with E-state index in [2.05, 4.69) is 33.2 Å². The molecule has 1 aliphatic rings. The topological polar surface area (TPSA) is 64.8 Å². The third kappa shape index (κ3) is 4.18. The number of likely N-dealkylation sites (tertiary alicyclic amines) is 1. The Labute approximate surface area is 114 Å². The number of hydrogen-bond donors (Lipinski definition) is 1. The van der Waals surface area contributed by atoms with E-state index in [1.165, 1.54) is 32.4 Å². The Morgan fingerprint density at radius 1 is 1.32 bits per heavy atom. The van der Waals surface area contributed by atoms with E-state index in [0.717, 1.165) is 13.1 Å². The maximum Gasteiger partial charge on any atom is 0.182 e. The smallest absolute Gasteiger partial charge is 0.182 e. The number of nitrogens with zero attached hydrogens (tertiary/aromatic N) is 4. The standard InChI is InChI=1S/C14H21N5/c1-12(11-19-7-3-2-4-8-19)10-18-14-13(9-15)16-5-6-17-14/h5-6,12H,2-4,7-8,10-11H2,1H3,(H,17,18). The Morgan fingerprint density at radius 3 is 2.79 bits per heavy atom. The van der Waals surface area contributed by atoms with Gasteiger partial charge in [-0.2, -0.15) is 5.26 Å². The second-order valence-corrected chi connectivity index (χ2v) is 5.21. The molecule has 1 aromatic heterocycles. The lowest BCUT2D eigenvalue weighted by Gasteiger charge is -2.29. The van der Waals surface area contributed by atoms with Crippen molar-refractivity contribution in [1.29, 1.82) is 5.26 Å². The van der Waals surface area contributed by atoms with Crippen LogP contribution in [0.4, 0.5) is 5.82 Å². The molecular weight excluding hydrogens is 238 g/mol. The second-order valence-electron chi connectivity index (χ2n) is 5.21. The highest BCUT2D eigenvalue weighted by Gasteiger charge is 2.14. The average Bonchev–Trinajstić information content (AvgIpc) is 2.46. The summed E-state index contributed by atoms with van der Waals surface area (Å²) in [6.07, 6.45) is 7.17. The summed E-state index contributed by atoms with van der Waals surface area (Å²) in [5.74, 6) is 1.13. The first-order valence-corrected chi connectivity index (χ1v) is 6.97. The van der Waals surface area contributed by atoms with Crippen LogP contribution >= 0.6 is 0 Å². The van der Waals surface area contributed by atoms with E-state index in [-0.39, 0.29) is 0 Å². The van der Waals surface area contributed by atoms with Crippen LogP contribution in [0.2, 0.25) is 0 Å². The molecule has 0 radical (unpaired) electrons. The molecule has 0 saturated carbocycles. The van der Waals surface area contributed by atoms with Crippen molar-refractivity contribution >= 4 is 5.82 Å². The summed E-state index contributed by atoms with van der Waals surface area (Å²) < 4.78 is 0. The van der Waals surface area contributed by atoms with Gasteiger partial charge in [0.1, 0.15) is 6.07 Å². The minimum Gasteiger partial charge on any atom is -0.367 e. The number of anilines is 1. The number of nitrogens with one attached hydrogen (secondary N) is 1. The Morgan fingerprint density at radius 2 is 2.05 bits per heavy atom. The Bertz CT molecular complexity index is 434. The van der Waals surface area contributed by atoms with Gasteiger partial charge < -0.3 is 10.2 Å². The van der Waals surface area contributed by atoms with Gasteiger partial charge in [-0.3, -0.25) is 0 Å². The fourth-order valence-corrected chi connectivity index (χ4v) is 2.47. The van der Waals surface area contributed by atoms with Crippen LogP contribution in [0.5, 0.6) is 0 Å². The highest BCUT2D eigenvalue weighted by Crippen LogP contribution is 2.12. The first-order chi connectivity index (χ1) is 9.29. The molecular formula is C14H21N5. The molecule has 0 aliphatic carbocycles. The maximum absolute atomic E-state index is 8.94. The van der Waals surface area contributed by atoms with Crippen molar-refractivity contribution in [3.63, 3.8) is 0 Å². The van der Waals surface area contributed by atoms with Gasteiger partial charge in [-0.25, -0.2) is 9.97 Å². The van der Waals surface area contributed by atoms with Crippen LogP contribution in [0.15, 0.2) is 12.4 Å². The summed E-state index contributed by atoms with van der Waals surface area (Å²) >= 11 is 0. The van der Waals surface area contributed by atoms with E-state index in [1.54, 1.807) is 12.4 Å². The molecule has 1 atom stereocenters. The van der Waals surface area contributed by atoms with Crippen molar-refractivity contribution < 1.29 is 0 Å². The lowest BCUT2D eigenvalue weighted by molar-refractivity contribution is 0.204. The molecule has 0 bridgehead atoms. The molecule has 1 saturated heterocycles. The lowest BCUT2D eigenvalue weighted by atomic mass is 10.1. The van der Waals surface area contributed by atoms with E-state index in [9.17, 15) is 0 Å². The quantitative estimate of drug-likeness (QED) is 0.874. The zero-order valence-electron chi connectivity index (χ0n) is 11.5. The van der Waals surface area contributed by atoms with Gasteiger partial charge in [0, 0.05) is 25.5 Å². The van der Waals surface area contributed by atoms with Gasteiger partial charge in [0.25, 0.3) is 0 Å². The Kier molecular flexibility index (Phi) is 5.10. The van der Waals surface area contributed by atoms with Crippen molar-refractivity contribution in [2.75, 3.05) is 31.5 Å². The molecule has 102 valence electrons. The molecule has 2 heterocycles. The predicted octanol–water partition coefficient (Wildman–Crippen LogP) is 1.88. The zero-order valence-corrected chi connectivity index (χ0v) is 11.5. The molecule has 1 fully saturated rings. The highest BCUT2D eigenvalue weighted by atomic mass is 15.1. The average molecular weight is 259 g/mol. The first-order valence-electron chi connectivity index (χ1n) is 6.97. The Balaban J connectivity index is 1.79. The van der Waals surface area contributed by atoms with Crippen LogP contribution < -0.4 is 5.32 Å². The van der Waals surface area contributed by atoms with Crippen molar-refractivity contribution in [3.05, 3.63) is 18.1 Å². The zero-order chi connectivity index (χ0) is 13.5. The fourth-order valence-electron chi connectivity index (χ4n) is 2.47. The largest absolute Gasteiger partial charge is 0.367 e. The molecule has 2 rings (SSSR count). The monoisotopic (exact) mass is 259 g/mol. The van der Waals surface area contributed by atoms with Gasteiger partial charge in [0.2, 0.25) is 0 Å². The number of hydrogen-bond acceptors (Lipinski definition) is 5. The number of nitriles is 1. The summed E-state index contributed by atoms with van der Waals surface area (Å²) in [5.41, 5.74) is 0.368. The second kappa shape index (κ2) is 7.05. The van der Waals surface area contributed by atoms with Gasteiger partial charge in [0.05, 0.1) is 0 Å². The van der Waals surface area contributed by atoms with Gasteiger partial charge in [0.15, 0.2) is 11.5 Å². The molecule has 0 aromatic carbocycles. The number of piperidine rings is 1. The van der Waals surface area contributed by atoms with E-state index >= 15 is 0 Å². The van der Waals surface area contributed by atoms with Gasteiger partial charge in [-0.1, -0.05) is 13.3 Å². The van der Waals surface area contributed by atoms with E-state index in [1.807, 2.05) is 0 Å². The predicted molar refractivity (Wildman–Crippen MR) is 74.7 cm³/mol. The normalized spacial score (nSPS) is 17.7. The van der Waals surface area contributed by atoms with Crippen LogP contribution in [0.25, 0.3) is 0 Å². The first kappa shape index (κ1) is 13.8. The molecule has 0 spiro atoms. The highest BCUT2D eigenvalue weighted by molar-refractivity contribution is 5.46. The van der Waals surface area contributed by atoms with E-state index in [4.69, 9.17) is 5.26 Å². The molecule has 5 heteroatoms. The van der Waals surface area contributed by atoms with E-state index < -0.39 is 0 Å².